The number of nitrogens with one attached hydrogen (secondary N) is 3. The summed E-state index contributed by atoms with van der Waals surface area (Å²) in [5.74, 6) is 0.779. The Morgan fingerprint density at radius 2 is 1.66 bits per heavy atom. The van der Waals surface area contributed by atoms with E-state index in [-0.39, 0.29) is 11.7 Å². The van der Waals surface area contributed by atoms with Crippen molar-refractivity contribution >= 4 is 40.6 Å². The molecule has 3 amide bonds. The second-order valence-corrected chi connectivity index (χ2v) is 7.01. The van der Waals surface area contributed by atoms with Gasteiger partial charge < -0.3 is 30.5 Å². The van der Waals surface area contributed by atoms with Crippen LogP contribution in [0.4, 0.5) is 21.9 Å². The number of phenols is 1. The lowest BCUT2D eigenvalue weighted by Gasteiger charge is -2.09. The molecule has 8 nitrogen and oxygen atoms in total. The number of aromatic hydroxyl groups is 1. The van der Waals surface area contributed by atoms with Gasteiger partial charge in [-0.25, -0.2) is 4.79 Å². The van der Waals surface area contributed by atoms with Gasteiger partial charge in [0.15, 0.2) is 11.5 Å². The Kier molecular flexibility index (Phi) is 5.67. The molecule has 1 heterocycles. The van der Waals surface area contributed by atoms with Crippen molar-refractivity contribution in [1.29, 1.82) is 0 Å². The van der Waals surface area contributed by atoms with E-state index >= 15 is 0 Å². The molecule has 0 saturated carbocycles. The summed E-state index contributed by atoms with van der Waals surface area (Å²) >= 11 is 0. The van der Waals surface area contributed by atoms with Crippen LogP contribution in [0, 0.1) is 0 Å². The summed E-state index contributed by atoms with van der Waals surface area (Å²) < 4.78 is 10.2. The number of methoxy groups -OCH3 is 2. The first-order valence-corrected chi connectivity index (χ1v) is 9.73. The molecule has 1 aliphatic rings. The van der Waals surface area contributed by atoms with Gasteiger partial charge in [0.2, 0.25) is 0 Å². The van der Waals surface area contributed by atoms with E-state index in [9.17, 15) is 14.7 Å². The molecule has 3 aromatic carbocycles. The number of benzene rings is 3. The van der Waals surface area contributed by atoms with E-state index in [0.29, 0.717) is 45.3 Å². The van der Waals surface area contributed by atoms with Crippen molar-refractivity contribution in [1.82, 2.24) is 0 Å². The highest BCUT2D eigenvalue weighted by Crippen LogP contribution is 2.36. The zero-order valence-corrected chi connectivity index (χ0v) is 17.4. The summed E-state index contributed by atoms with van der Waals surface area (Å²) in [6.45, 7) is 0. The highest BCUT2D eigenvalue weighted by atomic mass is 16.5. The third kappa shape index (κ3) is 4.34. The Hall–Kier alpha value is -4.46. The molecule has 0 aliphatic carbocycles. The van der Waals surface area contributed by atoms with Gasteiger partial charge in [0, 0.05) is 22.5 Å². The van der Waals surface area contributed by atoms with E-state index < -0.39 is 6.03 Å². The van der Waals surface area contributed by atoms with Gasteiger partial charge in [0.25, 0.3) is 5.91 Å². The SMILES string of the molecule is COc1ccc(NC(=O)Nc2ccc3c(c2)NC(=O)/C3=C\c2ccc(O)c(OC)c2)cc1. The van der Waals surface area contributed by atoms with Crippen LogP contribution in [0.5, 0.6) is 17.2 Å². The topological polar surface area (TPSA) is 109 Å². The monoisotopic (exact) mass is 431 g/mol. The predicted octanol–water partition coefficient (Wildman–Crippen LogP) is 4.55. The minimum Gasteiger partial charge on any atom is -0.504 e. The van der Waals surface area contributed by atoms with Crippen molar-refractivity contribution in [3.8, 4) is 17.2 Å². The summed E-state index contributed by atoms with van der Waals surface area (Å²) in [5.41, 5.74) is 3.63. The molecule has 162 valence electrons. The van der Waals surface area contributed by atoms with E-state index in [4.69, 9.17) is 9.47 Å². The maximum absolute atomic E-state index is 12.5. The number of anilines is 3. The number of phenolic OH excluding ortho intramolecular Hbond substituents is 1. The Morgan fingerprint density at radius 1 is 0.938 bits per heavy atom. The molecule has 0 bridgehead atoms. The number of hydrogen-bond donors (Lipinski definition) is 4. The third-order valence-corrected chi connectivity index (χ3v) is 4.92. The van der Waals surface area contributed by atoms with Crippen LogP contribution in [0.25, 0.3) is 11.6 Å². The second-order valence-electron chi connectivity index (χ2n) is 7.01. The fourth-order valence-electron chi connectivity index (χ4n) is 3.33. The Bertz CT molecular complexity index is 1220. The average molecular weight is 431 g/mol. The van der Waals surface area contributed by atoms with Crippen LogP contribution in [0.1, 0.15) is 11.1 Å². The van der Waals surface area contributed by atoms with E-state index in [1.807, 2.05) is 0 Å². The van der Waals surface area contributed by atoms with Crippen LogP contribution < -0.4 is 25.4 Å². The number of hydrogen-bond acceptors (Lipinski definition) is 5. The maximum Gasteiger partial charge on any atom is 0.323 e. The van der Waals surface area contributed by atoms with Gasteiger partial charge in [-0.3, -0.25) is 4.79 Å². The number of fused-ring (bicyclic) bond motifs is 1. The molecule has 3 aromatic rings. The fourth-order valence-corrected chi connectivity index (χ4v) is 3.33. The molecule has 4 N–H and O–H groups in total. The Balaban J connectivity index is 1.50. The summed E-state index contributed by atoms with van der Waals surface area (Å²) in [7, 11) is 3.03. The highest BCUT2D eigenvalue weighted by molar-refractivity contribution is 6.35. The quantitative estimate of drug-likeness (QED) is 0.443. The predicted molar refractivity (Wildman–Crippen MR) is 123 cm³/mol. The van der Waals surface area contributed by atoms with E-state index in [1.165, 1.54) is 13.2 Å². The van der Waals surface area contributed by atoms with Crippen molar-refractivity contribution in [2.24, 2.45) is 0 Å². The molecule has 4 rings (SSSR count). The summed E-state index contributed by atoms with van der Waals surface area (Å²) in [6.07, 6.45) is 1.71. The average Bonchev–Trinajstić information content (AvgIpc) is 3.09. The van der Waals surface area contributed by atoms with Crippen molar-refractivity contribution < 1.29 is 24.2 Å². The summed E-state index contributed by atoms with van der Waals surface area (Å²) in [5, 5.41) is 18.1. The molecule has 32 heavy (non-hydrogen) atoms. The number of carbonyl (C=O) groups excluding carboxylic acids is 2. The van der Waals surface area contributed by atoms with Crippen LogP contribution in [0.2, 0.25) is 0 Å². The van der Waals surface area contributed by atoms with Crippen LogP contribution in [0.15, 0.2) is 60.7 Å². The Morgan fingerprint density at radius 3 is 2.38 bits per heavy atom. The zero-order valence-electron chi connectivity index (χ0n) is 17.4. The van der Waals surface area contributed by atoms with Crippen LogP contribution in [-0.4, -0.2) is 31.3 Å². The molecular formula is C24H21N3O5. The minimum absolute atomic E-state index is 0.0227. The summed E-state index contributed by atoms with van der Waals surface area (Å²) in [6, 6.07) is 16.6. The van der Waals surface area contributed by atoms with E-state index in [2.05, 4.69) is 16.0 Å². The molecule has 0 atom stereocenters. The van der Waals surface area contributed by atoms with Gasteiger partial charge in [0.1, 0.15) is 5.75 Å². The largest absolute Gasteiger partial charge is 0.504 e. The zero-order chi connectivity index (χ0) is 22.7. The van der Waals surface area contributed by atoms with Gasteiger partial charge in [-0.1, -0.05) is 12.1 Å². The lowest BCUT2D eigenvalue weighted by molar-refractivity contribution is -0.110. The third-order valence-electron chi connectivity index (χ3n) is 4.92. The highest BCUT2D eigenvalue weighted by Gasteiger charge is 2.24. The standard InChI is InChI=1S/C24H21N3O5/c1-31-17-7-4-15(5-8-17)25-24(30)26-16-6-9-18-19(23(29)27-20(18)13-16)11-14-3-10-21(28)22(12-14)32-2/h3-13,28H,1-2H3,(H,27,29)(H2,25,26,30)/b19-11-. The fraction of sp³-hybridized carbons (Fsp3) is 0.0833. The normalized spacial score (nSPS) is 13.3. The summed E-state index contributed by atoms with van der Waals surface area (Å²) in [4.78, 5) is 24.8. The first kappa shape index (κ1) is 20.8. The molecule has 0 saturated heterocycles. The molecule has 1 aliphatic heterocycles. The minimum atomic E-state index is -0.411. The second kappa shape index (κ2) is 8.73. The van der Waals surface area contributed by atoms with Crippen molar-refractivity contribution in [2.75, 3.05) is 30.2 Å². The molecule has 0 spiro atoms. The van der Waals surface area contributed by atoms with Crippen LogP contribution >= 0.6 is 0 Å². The van der Waals surface area contributed by atoms with Crippen LogP contribution in [-0.2, 0) is 4.79 Å². The lowest BCUT2D eigenvalue weighted by Crippen LogP contribution is -2.19. The number of carbonyl (C=O) groups is 2. The first-order chi connectivity index (χ1) is 15.5. The van der Waals surface area contributed by atoms with Gasteiger partial charge in [-0.05, 0) is 60.2 Å². The Labute approximate surface area is 184 Å². The number of urea groups is 1. The van der Waals surface area contributed by atoms with Crippen molar-refractivity contribution in [3.05, 3.63) is 71.8 Å². The number of amides is 3. The van der Waals surface area contributed by atoms with Crippen molar-refractivity contribution in [2.45, 2.75) is 0 Å². The van der Waals surface area contributed by atoms with Crippen LogP contribution in [0.3, 0.4) is 0 Å². The van der Waals surface area contributed by atoms with Gasteiger partial charge >= 0.3 is 6.03 Å². The van der Waals surface area contributed by atoms with Gasteiger partial charge in [0.05, 0.1) is 19.9 Å². The molecule has 8 heteroatoms. The maximum atomic E-state index is 12.5. The molecule has 0 fully saturated rings. The molecule has 0 radical (unpaired) electrons. The van der Waals surface area contributed by atoms with Gasteiger partial charge in [-0.15, -0.1) is 0 Å². The number of rotatable bonds is 5. The smallest absolute Gasteiger partial charge is 0.323 e. The number of ether oxygens (including phenoxy) is 2. The first-order valence-electron chi connectivity index (χ1n) is 9.73. The molecular weight excluding hydrogens is 410 g/mol. The molecule has 0 aromatic heterocycles. The van der Waals surface area contributed by atoms with Crippen molar-refractivity contribution in [3.63, 3.8) is 0 Å². The van der Waals surface area contributed by atoms with E-state index in [0.717, 1.165) is 0 Å². The lowest BCUT2D eigenvalue weighted by atomic mass is 10.0. The van der Waals surface area contributed by atoms with E-state index in [1.54, 1.807) is 67.8 Å². The van der Waals surface area contributed by atoms with Gasteiger partial charge in [-0.2, -0.15) is 0 Å². The molecule has 0 unspecified atom stereocenters.